The standard InChI is InChI=1S/C15H16F2N2O/c16-11-9-13(17)15(18)14(10-11)19-7-4-8-20-12-5-2-1-3-6-12/h1-3,5-6,9-10,19H,4,7-8,18H2. The van der Waals surface area contributed by atoms with Crippen LogP contribution in [-0.4, -0.2) is 13.2 Å². The summed E-state index contributed by atoms with van der Waals surface area (Å²) in [6, 6.07) is 11.4. The molecule has 0 bridgehead atoms. The summed E-state index contributed by atoms with van der Waals surface area (Å²) >= 11 is 0. The molecule has 0 spiro atoms. The second-order valence-electron chi connectivity index (χ2n) is 4.29. The Balaban J connectivity index is 1.76. The number of hydrogen-bond acceptors (Lipinski definition) is 3. The van der Waals surface area contributed by atoms with Gasteiger partial charge in [-0.15, -0.1) is 0 Å². The van der Waals surface area contributed by atoms with Crippen molar-refractivity contribution in [2.24, 2.45) is 0 Å². The molecule has 0 aliphatic carbocycles. The molecule has 2 rings (SSSR count). The predicted octanol–water partition coefficient (Wildman–Crippen LogP) is 3.43. The maximum atomic E-state index is 13.2. The van der Waals surface area contributed by atoms with E-state index in [1.54, 1.807) is 0 Å². The van der Waals surface area contributed by atoms with E-state index in [4.69, 9.17) is 10.5 Å². The predicted molar refractivity (Wildman–Crippen MR) is 75.8 cm³/mol. The first kappa shape index (κ1) is 14.1. The van der Waals surface area contributed by atoms with Crippen molar-refractivity contribution < 1.29 is 13.5 Å². The number of anilines is 2. The fourth-order valence-corrected chi connectivity index (χ4v) is 1.73. The largest absolute Gasteiger partial charge is 0.494 e. The van der Waals surface area contributed by atoms with Crippen LogP contribution in [0, 0.1) is 11.6 Å². The van der Waals surface area contributed by atoms with Crippen molar-refractivity contribution in [1.29, 1.82) is 0 Å². The van der Waals surface area contributed by atoms with Gasteiger partial charge >= 0.3 is 0 Å². The molecule has 2 aromatic rings. The monoisotopic (exact) mass is 278 g/mol. The zero-order valence-corrected chi connectivity index (χ0v) is 10.9. The normalized spacial score (nSPS) is 10.3. The minimum atomic E-state index is -0.756. The molecular weight excluding hydrogens is 262 g/mol. The lowest BCUT2D eigenvalue weighted by Crippen LogP contribution is -2.09. The van der Waals surface area contributed by atoms with Gasteiger partial charge in [0.1, 0.15) is 11.6 Å². The number of nitrogens with one attached hydrogen (secondary N) is 1. The van der Waals surface area contributed by atoms with E-state index in [2.05, 4.69) is 5.32 Å². The van der Waals surface area contributed by atoms with Crippen LogP contribution >= 0.6 is 0 Å². The van der Waals surface area contributed by atoms with Crippen LogP contribution in [0.15, 0.2) is 42.5 Å². The summed E-state index contributed by atoms with van der Waals surface area (Å²) in [6.45, 7) is 1.02. The lowest BCUT2D eigenvalue weighted by Gasteiger charge is -2.10. The lowest BCUT2D eigenvalue weighted by atomic mass is 10.2. The first-order valence-corrected chi connectivity index (χ1v) is 6.33. The van der Waals surface area contributed by atoms with Crippen molar-refractivity contribution in [2.75, 3.05) is 24.2 Å². The Morgan fingerprint density at radius 2 is 1.85 bits per heavy atom. The summed E-state index contributed by atoms with van der Waals surface area (Å²) in [7, 11) is 0. The Hall–Kier alpha value is -2.30. The highest BCUT2D eigenvalue weighted by molar-refractivity contribution is 5.66. The lowest BCUT2D eigenvalue weighted by molar-refractivity contribution is 0.315. The Kier molecular flexibility index (Phi) is 4.76. The maximum absolute atomic E-state index is 13.2. The summed E-state index contributed by atoms with van der Waals surface area (Å²) < 4.78 is 31.8. The molecule has 0 fully saturated rings. The molecule has 0 saturated carbocycles. The van der Waals surface area contributed by atoms with Gasteiger partial charge in [0.2, 0.25) is 0 Å². The number of rotatable bonds is 6. The number of halogens is 2. The summed E-state index contributed by atoms with van der Waals surface area (Å²) in [5.41, 5.74) is 5.71. The van der Waals surface area contributed by atoms with Gasteiger partial charge in [-0.3, -0.25) is 0 Å². The third-order valence-electron chi connectivity index (χ3n) is 2.74. The fourth-order valence-electron chi connectivity index (χ4n) is 1.73. The number of nitrogens with two attached hydrogens (primary N) is 1. The quantitative estimate of drug-likeness (QED) is 0.628. The third-order valence-corrected chi connectivity index (χ3v) is 2.74. The van der Waals surface area contributed by atoms with Gasteiger partial charge in [0.05, 0.1) is 18.0 Å². The molecule has 5 heteroatoms. The molecule has 3 N–H and O–H groups in total. The summed E-state index contributed by atoms with van der Waals surface area (Å²) in [6.07, 6.45) is 0.687. The number of hydrogen-bond donors (Lipinski definition) is 2. The third kappa shape index (κ3) is 3.85. The van der Waals surface area contributed by atoms with Crippen LogP contribution in [0.5, 0.6) is 5.75 Å². The molecule has 0 aliphatic heterocycles. The van der Waals surface area contributed by atoms with E-state index in [1.807, 2.05) is 30.3 Å². The van der Waals surface area contributed by atoms with E-state index in [9.17, 15) is 8.78 Å². The summed E-state index contributed by atoms with van der Waals surface area (Å²) in [4.78, 5) is 0. The molecule has 20 heavy (non-hydrogen) atoms. The van der Waals surface area contributed by atoms with E-state index >= 15 is 0 Å². The molecule has 0 amide bonds. The van der Waals surface area contributed by atoms with Gasteiger partial charge in [-0.05, 0) is 24.6 Å². The smallest absolute Gasteiger partial charge is 0.151 e. The average Bonchev–Trinajstić information content (AvgIpc) is 2.44. The molecule has 2 aromatic carbocycles. The van der Waals surface area contributed by atoms with Crippen LogP contribution in [0.1, 0.15) is 6.42 Å². The molecular formula is C15H16F2N2O. The Bertz CT molecular complexity index is 561. The molecule has 0 aliphatic rings. The molecule has 0 radical (unpaired) electrons. The van der Waals surface area contributed by atoms with E-state index in [-0.39, 0.29) is 11.4 Å². The van der Waals surface area contributed by atoms with Crippen LogP contribution < -0.4 is 15.8 Å². The van der Waals surface area contributed by atoms with Gasteiger partial charge in [-0.25, -0.2) is 8.78 Å². The van der Waals surface area contributed by atoms with E-state index in [1.165, 1.54) is 6.07 Å². The molecule has 106 valence electrons. The number of nitrogen functional groups attached to an aromatic ring is 1. The summed E-state index contributed by atoms with van der Waals surface area (Å²) in [5.74, 6) is -0.614. The van der Waals surface area contributed by atoms with Crippen LogP contribution in [0.2, 0.25) is 0 Å². The SMILES string of the molecule is Nc1c(F)cc(F)cc1NCCCOc1ccccc1. The highest BCUT2D eigenvalue weighted by atomic mass is 19.1. The van der Waals surface area contributed by atoms with Crippen molar-refractivity contribution >= 4 is 11.4 Å². The minimum absolute atomic E-state index is 0.0737. The van der Waals surface area contributed by atoms with Crippen LogP contribution in [0.4, 0.5) is 20.2 Å². The topological polar surface area (TPSA) is 47.3 Å². The number of ether oxygens (including phenoxy) is 1. The molecule has 0 unspecified atom stereocenters. The Labute approximate surface area is 116 Å². The highest BCUT2D eigenvalue weighted by Crippen LogP contribution is 2.23. The number of para-hydroxylation sites is 1. The van der Waals surface area contributed by atoms with Gasteiger partial charge < -0.3 is 15.8 Å². The van der Waals surface area contributed by atoms with Gasteiger partial charge in [0.25, 0.3) is 0 Å². The van der Waals surface area contributed by atoms with E-state index in [0.717, 1.165) is 11.8 Å². The zero-order chi connectivity index (χ0) is 14.4. The molecule has 0 aromatic heterocycles. The molecule has 3 nitrogen and oxygen atoms in total. The van der Waals surface area contributed by atoms with Crippen LogP contribution in [0.3, 0.4) is 0 Å². The maximum Gasteiger partial charge on any atom is 0.151 e. The average molecular weight is 278 g/mol. The fraction of sp³-hybridized carbons (Fsp3) is 0.200. The second kappa shape index (κ2) is 6.75. The van der Waals surface area contributed by atoms with Crippen molar-refractivity contribution in [1.82, 2.24) is 0 Å². The van der Waals surface area contributed by atoms with Gasteiger partial charge in [-0.2, -0.15) is 0 Å². The van der Waals surface area contributed by atoms with Crippen molar-refractivity contribution in [3.8, 4) is 5.75 Å². The Morgan fingerprint density at radius 3 is 2.60 bits per heavy atom. The van der Waals surface area contributed by atoms with Crippen LogP contribution in [0.25, 0.3) is 0 Å². The number of benzene rings is 2. The van der Waals surface area contributed by atoms with Gasteiger partial charge in [0, 0.05) is 12.6 Å². The van der Waals surface area contributed by atoms with E-state index < -0.39 is 11.6 Å². The minimum Gasteiger partial charge on any atom is -0.494 e. The van der Waals surface area contributed by atoms with Crippen molar-refractivity contribution in [2.45, 2.75) is 6.42 Å². The molecule has 0 atom stereocenters. The molecule has 0 heterocycles. The van der Waals surface area contributed by atoms with Crippen LogP contribution in [-0.2, 0) is 0 Å². The first-order valence-electron chi connectivity index (χ1n) is 6.33. The summed E-state index contributed by atoms with van der Waals surface area (Å²) in [5, 5.41) is 2.90. The Morgan fingerprint density at radius 1 is 1.10 bits per heavy atom. The van der Waals surface area contributed by atoms with E-state index in [0.29, 0.717) is 19.6 Å². The first-order chi connectivity index (χ1) is 9.66. The van der Waals surface area contributed by atoms with Gasteiger partial charge in [0.15, 0.2) is 5.82 Å². The van der Waals surface area contributed by atoms with Gasteiger partial charge in [-0.1, -0.05) is 18.2 Å². The van der Waals surface area contributed by atoms with Crippen molar-refractivity contribution in [3.05, 3.63) is 54.1 Å². The second-order valence-corrected chi connectivity index (χ2v) is 4.29. The highest BCUT2D eigenvalue weighted by Gasteiger charge is 2.07. The molecule has 0 saturated heterocycles. The zero-order valence-electron chi connectivity index (χ0n) is 10.9. The van der Waals surface area contributed by atoms with Crippen molar-refractivity contribution in [3.63, 3.8) is 0 Å².